The smallest absolute Gasteiger partial charge is 0.221 e. The third-order valence-corrected chi connectivity index (χ3v) is 2.24. The van der Waals surface area contributed by atoms with Gasteiger partial charge in [0.2, 0.25) is 5.91 Å². The highest BCUT2D eigenvalue weighted by atomic mass is 79.9. The van der Waals surface area contributed by atoms with Crippen LogP contribution in [0.25, 0.3) is 0 Å². The molecule has 0 aliphatic carbocycles. The number of amides is 1. The predicted octanol–water partition coefficient (Wildman–Crippen LogP) is 3.20. The van der Waals surface area contributed by atoms with E-state index >= 15 is 0 Å². The SMILES string of the molecule is CC(=O)Nc1cc(F)c(Br)cc1Cl. The molecular formula is C8H6BrClFNO. The second-order valence-electron chi connectivity index (χ2n) is 2.43. The topological polar surface area (TPSA) is 29.1 Å². The van der Waals surface area contributed by atoms with Crippen molar-refractivity contribution in [2.24, 2.45) is 0 Å². The van der Waals surface area contributed by atoms with E-state index in [1.165, 1.54) is 13.0 Å². The Labute approximate surface area is 88.2 Å². The van der Waals surface area contributed by atoms with Crippen LogP contribution in [0.15, 0.2) is 16.6 Å². The molecule has 2 nitrogen and oxygen atoms in total. The third kappa shape index (κ3) is 2.67. The summed E-state index contributed by atoms with van der Waals surface area (Å²) in [5, 5.41) is 2.70. The number of carbonyl (C=O) groups is 1. The summed E-state index contributed by atoms with van der Waals surface area (Å²) >= 11 is 8.71. The third-order valence-electron chi connectivity index (χ3n) is 1.32. The van der Waals surface area contributed by atoms with Crippen molar-refractivity contribution in [2.75, 3.05) is 5.32 Å². The molecule has 0 bridgehead atoms. The van der Waals surface area contributed by atoms with Crippen molar-refractivity contribution < 1.29 is 9.18 Å². The second-order valence-corrected chi connectivity index (χ2v) is 3.69. The molecule has 1 N–H and O–H groups in total. The van der Waals surface area contributed by atoms with Crippen molar-refractivity contribution in [3.05, 3.63) is 27.4 Å². The Hall–Kier alpha value is -0.610. The summed E-state index contributed by atoms with van der Waals surface area (Å²) in [7, 11) is 0. The fourth-order valence-corrected chi connectivity index (χ4v) is 1.49. The van der Waals surface area contributed by atoms with Crippen LogP contribution in [-0.2, 0) is 4.79 Å². The summed E-state index contributed by atoms with van der Waals surface area (Å²) in [6.07, 6.45) is 0. The zero-order chi connectivity index (χ0) is 10.0. The zero-order valence-corrected chi connectivity index (χ0v) is 9.04. The van der Waals surface area contributed by atoms with Gasteiger partial charge in [-0.05, 0) is 22.0 Å². The van der Waals surface area contributed by atoms with Gasteiger partial charge < -0.3 is 5.32 Å². The van der Waals surface area contributed by atoms with E-state index < -0.39 is 5.82 Å². The summed E-state index contributed by atoms with van der Waals surface area (Å²) in [5.74, 6) is -0.753. The zero-order valence-electron chi connectivity index (χ0n) is 6.70. The Kier molecular flexibility index (Phi) is 3.27. The van der Waals surface area contributed by atoms with Crippen LogP contribution < -0.4 is 5.32 Å². The van der Waals surface area contributed by atoms with E-state index in [1.807, 2.05) is 0 Å². The van der Waals surface area contributed by atoms with Crippen LogP contribution in [0.4, 0.5) is 10.1 Å². The van der Waals surface area contributed by atoms with E-state index in [-0.39, 0.29) is 16.1 Å². The lowest BCUT2D eigenvalue weighted by Gasteiger charge is -2.05. The van der Waals surface area contributed by atoms with E-state index in [9.17, 15) is 9.18 Å². The number of rotatable bonds is 1. The van der Waals surface area contributed by atoms with Gasteiger partial charge in [-0.2, -0.15) is 0 Å². The first kappa shape index (κ1) is 10.5. The lowest BCUT2D eigenvalue weighted by atomic mass is 10.3. The summed E-state index contributed by atoms with van der Waals surface area (Å²) in [5.41, 5.74) is 0.273. The monoisotopic (exact) mass is 265 g/mol. The lowest BCUT2D eigenvalue weighted by Crippen LogP contribution is -2.06. The van der Waals surface area contributed by atoms with E-state index in [1.54, 1.807) is 0 Å². The predicted molar refractivity (Wildman–Crippen MR) is 53.4 cm³/mol. The molecule has 0 heterocycles. The molecule has 0 saturated heterocycles. The highest BCUT2D eigenvalue weighted by Crippen LogP contribution is 2.28. The van der Waals surface area contributed by atoms with Gasteiger partial charge >= 0.3 is 0 Å². The molecule has 0 aliphatic rings. The minimum absolute atomic E-state index is 0.270. The van der Waals surface area contributed by atoms with Crippen molar-refractivity contribution in [3.63, 3.8) is 0 Å². The summed E-state index contributed by atoms with van der Waals surface area (Å²) in [6.45, 7) is 1.33. The lowest BCUT2D eigenvalue weighted by molar-refractivity contribution is -0.114. The number of nitrogens with one attached hydrogen (secondary N) is 1. The summed E-state index contributed by atoms with van der Waals surface area (Å²) < 4.78 is 13.2. The van der Waals surface area contributed by atoms with Gasteiger partial charge in [0.05, 0.1) is 15.2 Å². The van der Waals surface area contributed by atoms with Crippen molar-refractivity contribution >= 4 is 39.1 Å². The molecule has 1 amide bonds. The highest BCUT2D eigenvalue weighted by Gasteiger charge is 2.07. The molecule has 0 radical (unpaired) electrons. The van der Waals surface area contributed by atoms with Gasteiger partial charge in [0, 0.05) is 13.0 Å². The van der Waals surface area contributed by atoms with E-state index in [2.05, 4.69) is 21.2 Å². The first-order chi connectivity index (χ1) is 6.00. The van der Waals surface area contributed by atoms with Gasteiger partial charge in [-0.15, -0.1) is 0 Å². The van der Waals surface area contributed by atoms with Crippen molar-refractivity contribution in [2.45, 2.75) is 6.92 Å². The Morgan fingerprint density at radius 2 is 2.23 bits per heavy atom. The van der Waals surface area contributed by atoms with Gasteiger partial charge in [0.25, 0.3) is 0 Å². The largest absolute Gasteiger partial charge is 0.325 e. The summed E-state index contributed by atoms with van der Waals surface area (Å²) in [6, 6.07) is 2.55. The Balaban J connectivity index is 3.08. The molecule has 70 valence electrons. The van der Waals surface area contributed by atoms with Crippen LogP contribution >= 0.6 is 27.5 Å². The van der Waals surface area contributed by atoms with Crippen LogP contribution in [0.2, 0.25) is 5.02 Å². The maximum atomic E-state index is 13.0. The van der Waals surface area contributed by atoms with Crippen LogP contribution in [0.3, 0.4) is 0 Å². The van der Waals surface area contributed by atoms with Gasteiger partial charge in [-0.1, -0.05) is 11.6 Å². The number of hydrogen-bond acceptors (Lipinski definition) is 1. The van der Waals surface area contributed by atoms with E-state index in [0.717, 1.165) is 6.07 Å². The van der Waals surface area contributed by atoms with Gasteiger partial charge in [-0.25, -0.2) is 4.39 Å². The summed E-state index contributed by atoms with van der Waals surface area (Å²) in [4.78, 5) is 10.7. The molecule has 1 rings (SSSR count). The minimum atomic E-state index is -0.465. The first-order valence-corrected chi connectivity index (χ1v) is 4.60. The highest BCUT2D eigenvalue weighted by molar-refractivity contribution is 9.10. The molecule has 0 saturated carbocycles. The van der Waals surface area contributed by atoms with Crippen LogP contribution in [0.1, 0.15) is 6.92 Å². The van der Waals surface area contributed by atoms with E-state index in [4.69, 9.17) is 11.6 Å². The number of benzene rings is 1. The molecule has 0 aliphatic heterocycles. The fourth-order valence-electron chi connectivity index (χ4n) is 0.808. The molecule has 0 spiro atoms. The molecule has 0 unspecified atom stereocenters. The average Bonchev–Trinajstić information content (AvgIpc) is 1.99. The van der Waals surface area contributed by atoms with E-state index in [0.29, 0.717) is 5.02 Å². The van der Waals surface area contributed by atoms with Crippen molar-refractivity contribution in [3.8, 4) is 0 Å². The normalized spacial score (nSPS) is 9.85. The fraction of sp³-hybridized carbons (Fsp3) is 0.125. The first-order valence-electron chi connectivity index (χ1n) is 3.43. The quantitative estimate of drug-likeness (QED) is 0.777. The van der Waals surface area contributed by atoms with Gasteiger partial charge in [0.1, 0.15) is 5.82 Å². The van der Waals surface area contributed by atoms with Crippen molar-refractivity contribution in [1.29, 1.82) is 0 Å². The van der Waals surface area contributed by atoms with Gasteiger partial charge in [0.15, 0.2) is 0 Å². The molecule has 0 atom stereocenters. The Bertz CT molecular complexity index is 356. The average molecular weight is 266 g/mol. The number of anilines is 1. The molecule has 5 heteroatoms. The Morgan fingerprint density at radius 1 is 1.62 bits per heavy atom. The standard InChI is InChI=1S/C8H6BrClFNO/c1-4(13)12-8-3-7(11)5(9)2-6(8)10/h2-3H,1H3,(H,12,13). The van der Waals surface area contributed by atoms with Gasteiger partial charge in [-0.3, -0.25) is 4.79 Å². The number of hydrogen-bond donors (Lipinski definition) is 1. The number of halogens is 3. The molecule has 0 aromatic heterocycles. The minimum Gasteiger partial charge on any atom is -0.325 e. The molecule has 13 heavy (non-hydrogen) atoms. The maximum absolute atomic E-state index is 13.0. The molecular weight excluding hydrogens is 260 g/mol. The van der Waals surface area contributed by atoms with Crippen molar-refractivity contribution in [1.82, 2.24) is 0 Å². The number of carbonyl (C=O) groups excluding carboxylic acids is 1. The molecule has 1 aromatic rings. The molecule has 1 aromatic carbocycles. The second kappa shape index (κ2) is 4.07. The molecule has 0 fully saturated rings. The Morgan fingerprint density at radius 3 is 2.77 bits per heavy atom. The van der Waals surface area contributed by atoms with Crippen LogP contribution in [0.5, 0.6) is 0 Å². The van der Waals surface area contributed by atoms with Crippen LogP contribution in [0, 0.1) is 5.82 Å². The maximum Gasteiger partial charge on any atom is 0.221 e. The van der Waals surface area contributed by atoms with Crippen LogP contribution in [-0.4, -0.2) is 5.91 Å².